The highest BCUT2D eigenvalue weighted by molar-refractivity contribution is 5.60. The van der Waals surface area contributed by atoms with Gasteiger partial charge in [-0.2, -0.15) is 21.0 Å². The number of hydrogen-bond acceptors (Lipinski definition) is 4. The summed E-state index contributed by atoms with van der Waals surface area (Å²) in [7, 11) is 0. The maximum absolute atomic E-state index is 9.20. The molecule has 1 aliphatic rings. The average Bonchev–Trinajstić information content (AvgIpc) is 2.71. The summed E-state index contributed by atoms with van der Waals surface area (Å²) < 4.78 is 0. The molecule has 1 aromatic rings. The van der Waals surface area contributed by atoms with Gasteiger partial charge in [0.15, 0.2) is 10.8 Å². The van der Waals surface area contributed by atoms with Crippen LogP contribution in [0.5, 0.6) is 0 Å². The van der Waals surface area contributed by atoms with E-state index < -0.39 is 10.8 Å². The summed E-state index contributed by atoms with van der Waals surface area (Å²) >= 11 is 0. The Labute approximate surface area is 98.6 Å². The molecule has 0 bridgehead atoms. The van der Waals surface area contributed by atoms with Crippen LogP contribution in [0.15, 0.2) is 24.3 Å². The highest BCUT2D eigenvalue weighted by Gasteiger charge is 2.54. The highest BCUT2D eigenvalue weighted by Crippen LogP contribution is 2.48. The van der Waals surface area contributed by atoms with Crippen LogP contribution in [0.3, 0.4) is 0 Å². The molecule has 0 spiro atoms. The van der Waals surface area contributed by atoms with Crippen LogP contribution < -0.4 is 0 Å². The quantitative estimate of drug-likeness (QED) is 0.661. The molecule has 78 valence electrons. The maximum atomic E-state index is 9.20. The van der Waals surface area contributed by atoms with Crippen molar-refractivity contribution in [3.05, 3.63) is 35.4 Å². The second-order valence-corrected chi connectivity index (χ2v) is 3.98. The van der Waals surface area contributed by atoms with E-state index in [1.165, 1.54) is 0 Å². The van der Waals surface area contributed by atoms with E-state index in [9.17, 15) is 21.0 Å². The lowest BCUT2D eigenvalue weighted by atomic mass is 9.80. The van der Waals surface area contributed by atoms with E-state index in [4.69, 9.17) is 0 Å². The molecule has 0 radical (unpaired) electrons. The lowest BCUT2D eigenvalue weighted by molar-refractivity contribution is 0.584. The highest BCUT2D eigenvalue weighted by atomic mass is 14.6. The standard InChI is InChI=1S/C13H6N4/c14-6-12(7-15)5-13(8-16,9-17)11-4-2-1-3-10(11)12/h1-4H,5H2. The summed E-state index contributed by atoms with van der Waals surface area (Å²) in [5, 5.41) is 36.8. The van der Waals surface area contributed by atoms with Gasteiger partial charge in [-0.3, -0.25) is 0 Å². The van der Waals surface area contributed by atoms with Crippen molar-refractivity contribution in [2.24, 2.45) is 0 Å². The van der Waals surface area contributed by atoms with Crippen LogP contribution in [-0.2, 0) is 10.8 Å². The van der Waals surface area contributed by atoms with E-state index in [2.05, 4.69) is 0 Å². The van der Waals surface area contributed by atoms with Crippen LogP contribution >= 0.6 is 0 Å². The number of nitrogens with zero attached hydrogens (tertiary/aromatic N) is 4. The minimum absolute atomic E-state index is 0.0840. The van der Waals surface area contributed by atoms with Gasteiger partial charge in [0, 0.05) is 6.42 Å². The van der Waals surface area contributed by atoms with Gasteiger partial charge in [-0.05, 0) is 11.1 Å². The van der Waals surface area contributed by atoms with Gasteiger partial charge in [0.2, 0.25) is 0 Å². The SMILES string of the molecule is N#CC1(C#N)CC(C#N)(C#N)c2ccccc21. The van der Waals surface area contributed by atoms with Gasteiger partial charge in [0.25, 0.3) is 0 Å². The summed E-state index contributed by atoms with van der Waals surface area (Å²) in [6.07, 6.45) is -0.0840. The van der Waals surface area contributed by atoms with Gasteiger partial charge in [0.05, 0.1) is 24.3 Å². The second kappa shape index (κ2) is 3.34. The molecule has 0 atom stereocenters. The summed E-state index contributed by atoms with van der Waals surface area (Å²) in [5.74, 6) is 0. The Kier molecular flexibility index (Phi) is 2.10. The summed E-state index contributed by atoms with van der Waals surface area (Å²) in [4.78, 5) is 0. The zero-order valence-corrected chi connectivity index (χ0v) is 8.81. The van der Waals surface area contributed by atoms with Crippen molar-refractivity contribution in [2.75, 3.05) is 0 Å². The molecule has 0 amide bonds. The zero-order chi connectivity index (χ0) is 12.5. The molecule has 0 saturated carbocycles. The van der Waals surface area contributed by atoms with Crippen LogP contribution in [0.2, 0.25) is 0 Å². The Morgan fingerprint density at radius 2 is 1.12 bits per heavy atom. The molecule has 1 aromatic carbocycles. The van der Waals surface area contributed by atoms with E-state index >= 15 is 0 Å². The predicted molar refractivity (Wildman–Crippen MR) is 56.9 cm³/mol. The van der Waals surface area contributed by atoms with Gasteiger partial charge in [-0.1, -0.05) is 24.3 Å². The third-order valence-corrected chi connectivity index (χ3v) is 3.14. The van der Waals surface area contributed by atoms with Crippen molar-refractivity contribution in [1.29, 1.82) is 21.0 Å². The molecule has 0 unspecified atom stereocenters. The first-order valence-corrected chi connectivity index (χ1v) is 4.93. The van der Waals surface area contributed by atoms with Crippen molar-refractivity contribution < 1.29 is 0 Å². The second-order valence-electron chi connectivity index (χ2n) is 3.98. The Balaban J connectivity index is 2.83. The maximum Gasteiger partial charge on any atom is 0.171 e. The normalized spacial score (nSPS) is 17.9. The molecule has 0 saturated heterocycles. The Bertz CT molecular complexity index is 561. The monoisotopic (exact) mass is 218 g/mol. The molecular formula is C13H6N4. The molecular weight excluding hydrogens is 212 g/mol. The third-order valence-electron chi connectivity index (χ3n) is 3.14. The van der Waals surface area contributed by atoms with Crippen molar-refractivity contribution >= 4 is 0 Å². The first-order chi connectivity index (χ1) is 8.18. The van der Waals surface area contributed by atoms with Crippen LogP contribution in [-0.4, -0.2) is 0 Å². The molecule has 0 fully saturated rings. The van der Waals surface area contributed by atoms with Crippen molar-refractivity contribution in [1.82, 2.24) is 0 Å². The number of fused-ring (bicyclic) bond motifs is 1. The molecule has 0 aromatic heterocycles. The number of nitriles is 4. The van der Waals surface area contributed by atoms with Gasteiger partial charge >= 0.3 is 0 Å². The fourth-order valence-corrected chi connectivity index (χ4v) is 2.26. The number of rotatable bonds is 0. The summed E-state index contributed by atoms with van der Waals surface area (Å²) in [6.45, 7) is 0. The van der Waals surface area contributed by atoms with E-state index in [1.54, 1.807) is 24.3 Å². The minimum Gasteiger partial charge on any atom is -0.196 e. The van der Waals surface area contributed by atoms with Gasteiger partial charge in [-0.15, -0.1) is 0 Å². The van der Waals surface area contributed by atoms with Crippen molar-refractivity contribution in [3.8, 4) is 24.3 Å². The summed E-state index contributed by atoms with van der Waals surface area (Å²) in [5.41, 5.74) is -1.81. The predicted octanol–water partition coefficient (Wildman–Crippen LogP) is 1.66. The minimum atomic E-state index is -1.39. The molecule has 2 rings (SSSR count). The fourth-order valence-electron chi connectivity index (χ4n) is 2.26. The Morgan fingerprint density at radius 1 is 0.765 bits per heavy atom. The average molecular weight is 218 g/mol. The largest absolute Gasteiger partial charge is 0.196 e. The van der Waals surface area contributed by atoms with E-state index in [-0.39, 0.29) is 6.42 Å². The first-order valence-electron chi connectivity index (χ1n) is 4.93. The Hall–Kier alpha value is -2.82. The van der Waals surface area contributed by atoms with Gasteiger partial charge in [0.1, 0.15) is 0 Å². The van der Waals surface area contributed by atoms with E-state index in [1.807, 2.05) is 24.3 Å². The Morgan fingerprint density at radius 3 is 1.41 bits per heavy atom. The van der Waals surface area contributed by atoms with E-state index in [0.29, 0.717) is 11.1 Å². The molecule has 0 heterocycles. The smallest absolute Gasteiger partial charge is 0.171 e. The molecule has 0 aliphatic heterocycles. The number of benzene rings is 1. The van der Waals surface area contributed by atoms with Crippen molar-refractivity contribution in [3.63, 3.8) is 0 Å². The van der Waals surface area contributed by atoms with Crippen LogP contribution in [0.1, 0.15) is 17.5 Å². The van der Waals surface area contributed by atoms with Crippen LogP contribution in [0, 0.1) is 45.3 Å². The third kappa shape index (κ3) is 1.13. The van der Waals surface area contributed by atoms with Crippen LogP contribution in [0.4, 0.5) is 0 Å². The summed E-state index contributed by atoms with van der Waals surface area (Å²) in [6, 6.07) is 14.5. The van der Waals surface area contributed by atoms with Gasteiger partial charge < -0.3 is 0 Å². The molecule has 1 aliphatic carbocycles. The topological polar surface area (TPSA) is 95.2 Å². The van der Waals surface area contributed by atoms with E-state index in [0.717, 1.165) is 0 Å². The first kappa shape index (κ1) is 10.7. The lowest BCUT2D eigenvalue weighted by Gasteiger charge is -2.13. The van der Waals surface area contributed by atoms with Crippen molar-refractivity contribution in [2.45, 2.75) is 17.3 Å². The van der Waals surface area contributed by atoms with Gasteiger partial charge in [-0.25, -0.2) is 0 Å². The molecule has 0 N–H and O–H groups in total. The van der Waals surface area contributed by atoms with Crippen LogP contribution in [0.25, 0.3) is 0 Å². The molecule has 4 heteroatoms. The zero-order valence-electron chi connectivity index (χ0n) is 8.81. The molecule has 17 heavy (non-hydrogen) atoms. The molecule has 4 nitrogen and oxygen atoms in total. The fraction of sp³-hybridized carbons (Fsp3) is 0.231. The number of hydrogen-bond donors (Lipinski definition) is 0. The lowest BCUT2D eigenvalue weighted by Crippen LogP contribution is -2.24.